The van der Waals surface area contributed by atoms with Crippen LogP contribution in [0.1, 0.15) is 27.2 Å². The topological polar surface area (TPSA) is 93.3 Å². The van der Waals surface area contributed by atoms with Crippen molar-refractivity contribution < 1.29 is 14.7 Å². The molecule has 0 unspecified atom stereocenters. The largest absolute Gasteiger partial charge is 0.481 e. The Morgan fingerprint density at radius 3 is 2.81 bits per heavy atom. The van der Waals surface area contributed by atoms with Gasteiger partial charge in [0.2, 0.25) is 5.91 Å². The first-order chi connectivity index (χ1) is 9.95. The van der Waals surface area contributed by atoms with E-state index < -0.39 is 11.9 Å². The maximum Gasteiger partial charge on any atom is 0.309 e. The van der Waals surface area contributed by atoms with Gasteiger partial charge in [-0.2, -0.15) is 0 Å². The van der Waals surface area contributed by atoms with E-state index in [-0.39, 0.29) is 6.42 Å². The number of aryl methyl sites for hydroxylation is 1. The highest BCUT2D eigenvalue weighted by Gasteiger charge is 2.08. The number of rotatable bonds is 6. The van der Waals surface area contributed by atoms with Gasteiger partial charge in [0, 0.05) is 16.7 Å². The fraction of sp³-hybridized carbons (Fsp3) is 0.214. The number of carboxylic acids is 1. The summed E-state index contributed by atoms with van der Waals surface area (Å²) in [6.45, 7) is 1.93. The summed E-state index contributed by atoms with van der Waals surface area (Å²) < 4.78 is 0.838. The number of thioether (sulfide) groups is 1. The molecule has 2 aromatic rings. The molecule has 110 valence electrons. The number of aliphatic carboxylic acids is 1. The van der Waals surface area contributed by atoms with Crippen molar-refractivity contribution in [1.82, 2.24) is 4.98 Å². The number of nitrogens with zero attached hydrogens (tertiary/aromatic N) is 1. The molecule has 1 aromatic carbocycles. The molecule has 0 radical (unpaired) electrons. The lowest BCUT2D eigenvalue weighted by molar-refractivity contribution is -0.136. The van der Waals surface area contributed by atoms with E-state index in [2.05, 4.69) is 4.98 Å². The number of hydrogen-bond acceptors (Lipinski definition) is 5. The Bertz CT molecular complexity index is 683. The molecule has 1 amide bonds. The number of nitrogens with two attached hydrogens (primary N) is 1. The molecule has 0 aliphatic rings. The summed E-state index contributed by atoms with van der Waals surface area (Å²) in [7, 11) is 0. The minimum Gasteiger partial charge on any atom is -0.481 e. The number of carbonyl (C=O) groups is 2. The number of primary amides is 1. The fourth-order valence-electron chi connectivity index (χ4n) is 1.74. The second kappa shape index (κ2) is 6.73. The van der Waals surface area contributed by atoms with Gasteiger partial charge in [0.25, 0.3) is 0 Å². The molecule has 0 fully saturated rings. The Hall–Kier alpha value is -1.86. The van der Waals surface area contributed by atoms with Crippen LogP contribution >= 0.6 is 23.1 Å². The molecule has 2 rings (SSSR count). The Morgan fingerprint density at radius 1 is 1.43 bits per heavy atom. The Morgan fingerprint density at radius 2 is 2.19 bits per heavy atom. The third kappa shape index (κ3) is 4.30. The molecule has 0 atom stereocenters. The quantitative estimate of drug-likeness (QED) is 0.797. The van der Waals surface area contributed by atoms with Crippen molar-refractivity contribution in [1.29, 1.82) is 0 Å². The monoisotopic (exact) mass is 322 g/mol. The van der Waals surface area contributed by atoms with Crippen molar-refractivity contribution in [3.63, 3.8) is 0 Å². The molecule has 21 heavy (non-hydrogen) atoms. The van der Waals surface area contributed by atoms with Gasteiger partial charge in [-0.15, -0.1) is 11.3 Å². The van der Waals surface area contributed by atoms with Crippen LogP contribution in [-0.2, 0) is 17.0 Å². The minimum atomic E-state index is -0.880. The number of thiazole rings is 1. The first-order valence-electron chi connectivity index (χ1n) is 6.14. The predicted molar refractivity (Wildman–Crippen MR) is 82.7 cm³/mol. The van der Waals surface area contributed by atoms with Crippen molar-refractivity contribution in [2.75, 3.05) is 0 Å². The van der Waals surface area contributed by atoms with E-state index in [0.29, 0.717) is 17.0 Å². The summed E-state index contributed by atoms with van der Waals surface area (Å²) >= 11 is 2.99. The second-order valence-electron chi connectivity index (χ2n) is 4.47. The van der Waals surface area contributed by atoms with Gasteiger partial charge in [-0.3, -0.25) is 9.59 Å². The van der Waals surface area contributed by atoms with Crippen molar-refractivity contribution in [2.45, 2.75) is 23.4 Å². The molecule has 5 nitrogen and oxygen atoms in total. The lowest BCUT2D eigenvalue weighted by Gasteiger charge is -2.05. The van der Waals surface area contributed by atoms with E-state index in [1.165, 1.54) is 11.3 Å². The normalized spacial score (nSPS) is 10.5. The lowest BCUT2D eigenvalue weighted by Crippen LogP contribution is -2.11. The second-order valence-corrected chi connectivity index (χ2v) is 6.55. The minimum absolute atomic E-state index is 0.0522. The van der Waals surface area contributed by atoms with Crippen LogP contribution in [0, 0.1) is 6.92 Å². The molecule has 0 aliphatic heterocycles. The zero-order chi connectivity index (χ0) is 15.4. The van der Waals surface area contributed by atoms with E-state index in [0.717, 1.165) is 15.5 Å². The third-order valence-corrected chi connectivity index (χ3v) is 4.96. The van der Waals surface area contributed by atoms with Crippen molar-refractivity contribution in [3.8, 4) is 0 Å². The van der Waals surface area contributed by atoms with Gasteiger partial charge < -0.3 is 10.8 Å². The van der Waals surface area contributed by atoms with Gasteiger partial charge in [-0.25, -0.2) is 4.98 Å². The van der Waals surface area contributed by atoms with Crippen molar-refractivity contribution >= 4 is 35.0 Å². The third-order valence-electron chi connectivity index (χ3n) is 2.84. The van der Waals surface area contributed by atoms with E-state index in [4.69, 9.17) is 10.8 Å². The van der Waals surface area contributed by atoms with Gasteiger partial charge >= 0.3 is 5.97 Å². The highest BCUT2D eigenvalue weighted by molar-refractivity contribution is 8.00. The number of amides is 1. The SMILES string of the molecule is Cc1cc(C(N)=O)ccc1CSc1nc(CC(=O)O)cs1. The highest BCUT2D eigenvalue weighted by Crippen LogP contribution is 2.27. The molecular weight excluding hydrogens is 308 g/mol. The first-order valence-corrected chi connectivity index (χ1v) is 8.00. The fourth-order valence-corrected chi connectivity index (χ4v) is 3.66. The van der Waals surface area contributed by atoms with Crippen LogP contribution < -0.4 is 5.73 Å². The van der Waals surface area contributed by atoms with Crippen LogP contribution in [0.3, 0.4) is 0 Å². The van der Waals surface area contributed by atoms with Crippen molar-refractivity contribution in [3.05, 3.63) is 46.0 Å². The molecular formula is C14H14N2O3S2. The average Bonchev–Trinajstić information content (AvgIpc) is 2.83. The Labute approximate surface area is 130 Å². The Balaban J connectivity index is 2.01. The maximum absolute atomic E-state index is 11.1. The van der Waals surface area contributed by atoms with Crippen molar-refractivity contribution in [2.24, 2.45) is 5.73 Å². The first kappa shape index (κ1) is 15.5. The summed E-state index contributed by atoms with van der Waals surface area (Å²) in [4.78, 5) is 26.0. The highest BCUT2D eigenvalue weighted by atomic mass is 32.2. The van der Waals surface area contributed by atoms with E-state index in [1.54, 1.807) is 29.3 Å². The standard InChI is InChI=1S/C14H14N2O3S2/c1-8-4-9(13(15)19)2-3-10(8)6-20-14-16-11(7-21-14)5-12(17)18/h2-4,7H,5-6H2,1H3,(H2,15,19)(H,17,18). The molecule has 0 spiro atoms. The van der Waals surface area contributed by atoms with Crippen LogP contribution in [0.25, 0.3) is 0 Å². The molecule has 1 aromatic heterocycles. The molecule has 0 bridgehead atoms. The molecule has 3 N–H and O–H groups in total. The predicted octanol–water partition coefficient (Wildman–Crippen LogP) is 2.47. The summed E-state index contributed by atoms with van der Waals surface area (Å²) in [5.41, 5.74) is 8.42. The van der Waals surface area contributed by atoms with Gasteiger partial charge in [0.05, 0.1) is 12.1 Å². The van der Waals surface area contributed by atoms with E-state index in [9.17, 15) is 9.59 Å². The summed E-state index contributed by atoms with van der Waals surface area (Å²) in [6.07, 6.45) is -0.0522. The van der Waals surface area contributed by atoms with Crippen LogP contribution in [0.4, 0.5) is 0 Å². The molecule has 7 heteroatoms. The number of aromatic nitrogens is 1. The smallest absolute Gasteiger partial charge is 0.309 e. The summed E-state index contributed by atoms with van der Waals surface area (Å²) in [5, 5.41) is 10.5. The van der Waals surface area contributed by atoms with E-state index in [1.807, 2.05) is 13.0 Å². The molecule has 1 heterocycles. The van der Waals surface area contributed by atoms with Gasteiger partial charge in [-0.05, 0) is 30.2 Å². The van der Waals surface area contributed by atoms with Crippen LogP contribution in [0.2, 0.25) is 0 Å². The molecule has 0 aliphatic carbocycles. The number of hydrogen-bond donors (Lipinski definition) is 2. The zero-order valence-corrected chi connectivity index (χ0v) is 13.0. The molecule has 0 saturated carbocycles. The van der Waals surface area contributed by atoms with Crippen LogP contribution in [0.15, 0.2) is 27.9 Å². The van der Waals surface area contributed by atoms with Gasteiger partial charge in [0.15, 0.2) is 0 Å². The van der Waals surface area contributed by atoms with Crippen LogP contribution in [0.5, 0.6) is 0 Å². The maximum atomic E-state index is 11.1. The van der Waals surface area contributed by atoms with Gasteiger partial charge in [0.1, 0.15) is 4.34 Å². The van der Waals surface area contributed by atoms with Gasteiger partial charge in [-0.1, -0.05) is 17.8 Å². The lowest BCUT2D eigenvalue weighted by atomic mass is 10.1. The zero-order valence-electron chi connectivity index (χ0n) is 11.3. The Kier molecular flexibility index (Phi) is 4.98. The number of carboxylic acid groups (broad SMARTS) is 1. The summed E-state index contributed by atoms with van der Waals surface area (Å²) in [5.74, 6) is -0.601. The summed E-state index contributed by atoms with van der Waals surface area (Å²) in [6, 6.07) is 5.37. The van der Waals surface area contributed by atoms with Crippen LogP contribution in [-0.4, -0.2) is 22.0 Å². The number of benzene rings is 1. The number of carbonyl (C=O) groups excluding carboxylic acids is 1. The average molecular weight is 322 g/mol. The van der Waals surface area contributed by atoms with E-state index >= 15 is 0 Å². The molecule has 0 saturated heterocycles.